The number of carboxylic acid groups (broad SMARTS) is 1. The van der Waals surface area contributed by atoms with E-state index in [-0.39, 0.29) is 5.92 Å². The van der Waals surface area contributed by atoms with Crippen LogP contribution in [-0.4, -0.2) is 27.2 Å². The van der Waals surface area contributed by atoms with Gasteiger partial charge in [0.05, 0.1) is 12.5 Å². The number of rotatable bonds is 1. The van der Waals surface area contributed by atoms with Crippen molar-refractivity contribution in [2.75, 3.05) is 6.61 Å². The Hall–Kier alpha value is -1.52. The molecule has 0 fully saturated rings. The Morgan fingerprint density at radius 2 is 2.40 bits per heavy atom. The number of hydrogen-bond donors (Lipinski definition) is 1. The lowest BCUT2D eigenvalue weighted by Crippen LogP contribution is -2.27. The van der Waals surface area contributed by atoms with Crippen LogP contribution in [-0.2, 0) is 24.2 Å². The van der Waals surface area contributed by atoms with Gasteiger partial charge in [-0.15, -0.1) is 0 Å². The number of ether oxygens (including phenoxy) is 1. The third-order valence-corrected chi connectivity index (χ3v) is 3.11. The molecule has 5 nitrogen and oxygen atoms in total. The third kappa shape index (κ3) is 1.22. The van der Waals surface area contributed by atoms with Crippen LogP contribution in [0.3, 0.4) is 0 Å². The van der Waals surface area contributed by atoms with Crippen LogP contribution in [0.4, 0.5) is 0 Å². The lowest BCUT2D eigenvalue weighted by atomic mass is 10.00. The number of carboxylic acids is 1. The normalized spacial score (nSPS) is 23.1. The van der Waals surface area contributed by atoms with Crippen molar-refractivity contribution in [2.45, 2.75) is 25.8 Å². The van der Waals surface area contributed by atoms with Crippen molar-refractivity contribution < 1.29 is 14.6 Å². The maximum Gasteiger partial charge on any atom is 0.308 e. The third-order valence-electron chi connectivity index (χ3n) is 3.11. The minimum Gasteiger partial charge on any atom is -0.481 e. The van der Waals surface area contributed by atoms with Gasteiger partial charge >= 0.3 is 5.97 Å². The second-order valence-corrected chi connectivity index (χ2v) is 4.06. The van der Waals surface area contributed by atoms with Crippen molar-refractivity contribution >= 4 is 5.97 Å². The van der Waals surface area contributed by atoms with Gasteiger partial charge in [-0.3, -0.25) is 9.36 Å². The smallest absolute Gasteiger partial charge is 0.308 e. The Bertz CT molecular complexity index is 425. The van der Waals surface area contributed by atoms with Gasteiger partial charge < -0.3 is 9.84 Å². The van der Waals surface area contributed by atoms with Gasteiger partial charge in [-0.2, -0.15) is 0 Å². The summed E-state index contributed by atoms with van der Waals surface area (Å²) in [5, 5.41) is 8.98. The highest BCUT2D eigenvalue weighted by atomic mass is 16.5. The van der Waals surface area contributed by atoms with E-state index in [0.29, 0.717) is 19.6 Å². The van der Waals surface area contributed by atoms with Crippen molar-refractivity contribution in [3.8, 4) is 5.88 Å². The molecule has 0 radical (unpaired) electrons. The first-order valence-corrected chi connectivity index (χ1v) is 5.19. The molecule has 0 saturated heterocycles. The second-order valence-electron chi connectivity index (χ2n) is 4.06. The Morgan fingerprint density at radius 3 is 3.20 bits per heavy atom. The van der Waals surface area contributed by atoms with Gasteiger partial charge in [0.1, 0.15) is 11.5 Å². The standard InChI is InChI=1S/C10H12N2O3/c13-10(14)6-1-2-8-11-7-3-4-15-9(7)12(8)5-6/h6H,1-5H2,(H,13,14). The first-order valence-electron chi connectivity index (χ1n) is 5.19. The fourth-order valence-electron chi connectivity index (χ4n) is 2.30. The molecule has 15 heavy (non-hydrogen) atoms. The molecule has 0 amide bonds. The maximum absolute atomic E-state index is 10.9. The molecule has 1 atom stereocenters. The van der Waals surface area contributed by atoms with E-state index in [2.05, 4.69) is 4.98 Å². The predicted molar refractivity (Wildman–Crippen MR) is 50.9 cm³/mol. The molecule has 0 aliphatic carbocycles. The van der Waals surface area contributed by atoms with E-state index in [4.69, 9.17) is 9.84 Å². The first-order chi connectivity index (χ1) is 7.25. The fourth-order valence-corrected chi connectivity index (χ4v) is 2.30. The van der Waals surface area contributed by atoms with E-state index < -0.39 is 5.97 Å². The molecule has 2 aliphatic rings. The SMILES string of the molecule is O=C(O)C1CCc2nc3c(n2C1)OCC3. The van der Waals surface area contributed by atoms with Crippen molar-refractivity contribution in [3.63, 3.8) is 0 Å². The molecule has 5 heteroatoms. The van der Waals surface area contributed by atoms with Gasteiger partial charge in [0, 0.05) is 19.4 Å². The number of fused-ring (bicyclic) bond motifs is 3. The van der Waals surface area contributed by atoms with E-state index in [1.807, 2.05) is 4.57 Å². The summed E-state index contributed by atoms with van der Waals surface area (Å²) >= 11 is 0. The van der Waals surface area contributed by atoms with Gasteiger partial charge in [-0.1, -0.05) is 0 Å². The molecule has 3 heterocycles. The molecule has 80 valence electrons. The Kier molecular flexibility index (Phi) is 1.74. The van der Waals surface area contributed by atoms with E-state index in [0.717, 1.165) is 30.2 Å². The van der Waals surface area contributed by atoms with E-state index in [1.54, 1.807) is 0 Å². The Labute approximate surface area is 86.7 Å². The van der Waals surface area contributed by atoms with Crippen LogP contribution in [0.1, 0.15) is 17.9 Å². The molecule has 0 spiro atoms. The summed E-state index contributed by atoms with van der Waals surface area (Å²) < 4.78 is 7.41. The van der Waals surface area contributed by atoms with Crippen molar-refractivity contribution in [3.05, 3.63) is 11.5 Å². The van der Waals surface area contributed by atoms with Gasteiger partial charge in [0.15, 0.2) is 0 Å². The summed E-state index contributed by atoms with van der Waals surface area (Å²) in [5.41, 5.74) is 0.996. The molecule has 0 aromatic carbocycles. The summed E-state index contributed by atoms with van der Waals surface area (Å²) in [6.45, 7) is 1.18. The van der Waals surface area contributed by atoms with Crippen LogP contribution >= 0.6 is 0 Å². The van der Waals surface area contributed by atoms with Gasteiger partial charge in [0.25, 0.3) is 0 Å². The van der Waals surface area contributed by atoms with E-state index >= 15 is 0 Å². The number of imidazole rings is 1. The highest BCUT2D eigenvalue weighted by Crippen LogP contribution is 2.31. The zero-order valence-corrected chi connectivity index (χ0v) is 8.27. The minimum absolute atomic E-state index is 0.292. The summed E-state index contributed by atoms with van der Waals surface area (Å²) in [6.07, 6.45) is 2.28. The summed E-state index contributed by atoms with van der Waals surface area (Å²) in [6, 6.07) is 0. The quantitative estimate of drug-likeness (QED) is 0.728. The lowest BCUT2D eigenvalue weighted by molar-refractivity contribution is -0.142. The second kappa shape index (κ2) is 2.98. The van der Waals surface area contributed by atoms with Gasteiger partial charge in [-0.25, -0.2) is 4.98 Å². The number of carbonyl (C=O) groups is 1. The minimum atomic E-state index is -0.721. The number of nitrogens with zero attached hydrogens (tertiary/aromatic N) is 2. The molecule has 1 aromatic rings. The van der Waals surface area contributed by atoms with Crippen LogP contribution in [0.25, 0.3) is 0 Å². The van der Waals surface area contributed by atoms with Gasteiger partial charge in [-0.05, 0) is 6.42 Å². The van der Waals surface area contributed by atoms with Crippen LogP contribution in [0, 0.1) is 5.92 Å². The Balaban J connectivity index is 1.97. The van der Waals surface area contributed by atoms with Crippen molar-refractivity contribution in [2.24, 2.45) is 5.92 Å². The number of aryl methyl sites for hydroxylation is 1. The number of aromatic nitrogens is 2. The molecule has 0 bridgehead atoms. The maximum atomic E-state index is 10.9. The Morgan fingerprint density at radius 1 is 1.53 bits per heavy atom. The average Bonchev–Trinajstić information content (AvgIpc) is 2.75. The zero-order valence-electron chi connectivity index (χ0n) is 8.27. The summed E-state index contributed by atoms with van der Waals surface area (Å²) in [4.78, 5) is 15.4. The van der Waals surface area contributed by atoms with Gasteiger partial charge in [0.2, 0.25) is 5.88 Å². The molecule has 1 aromatic heterocycles. The molecular weight excluding hydrogens is 196 g/mol. The molecular formula is C10H12N2O3. The molecule has 0 saturated carbocycles. The fraction of sp³-hybridized carbons (Fsp3) is 0.600. The van der Waals surface area contributed by atoms with Crippen molar-refractivity contribution in [1.29, 1.82) is 0 Å². The number of aliphatic carboxylic acids is 1. The highest BCUT2D eigenvalue weighted by molar-refractivity contribution is 5.70. The molecule has 1 unspecified atom stereocenters. The van der Waals surface area contributed by atoms with E-state index in [1.165, 1.54) is 0 Å². The lowest BCUT2D eigenvalue weighted by Gasteiger charge is -2.21. The van der Waals surface area contributed by atoms with Crippen molar-refractivity contribution in [1.82, 2.24) is 9.55 Å². The van der Waals surface area contributed by atoms with Crippen LogP contribution < -0.4 is 4.74 Å². The largest absolute Gasteiger partial charge is 0.481 e. The average molecular weight is 208 g/mol. The van der Waals surface area contributed by atoms with Crippen LogP contribution in [0.2, 0.25) is 0 Å². The molecule has 2 aliphatic heterocycles. The molecule has 1 N–H and O–H groups in total. The predicted octanol–water partition coefficient (Wildman–Crippen LogP) is 0.465. The summed E-state index contributed by atoms with van der Waals surface area (Å²) in [7, 11) is 0. The van der Waals surface area contributed by atoms with E-state index in [9.17, 15) is 4.79 Å². The molecule has 3 rings (SSSR count). The summed E-state index contributed by atoms with van der Waals surface area (Å²) in [5.74, 6) is 0.772. The highest BCUT2D eigenvalue weighted by Gasteiger charge is 2.31. The first kappa shape index (κ1) is 8.76. The van der Waals surface area contributed by atoms with Crippen LogP contribution in [0.5, 0.6) is 5.88 Å². The zero-order chi connectivity index (χ0) is 10.4. The van der Waals surface area contributed by atoms with Crippen LogP contribution in [0.15, 0.2) is 0 Å². The monoisotopic (exact) mass is 208 g/mol. The topological polar surface area (TPSA) is 64.3 Å². The number of hydrogen-bond acceptors (Lipinski definition) is 3.